The van der Waals surface area contributed by atoms with Gasteiger partial charge in [0.15, 0.2) is 5.69 Å². The van der Waals surface area contributed by atoms with Crippen LogP contribution in [0.15, 0.2) is 28.9 Å². The third kappa shape index (κ3) is 2.01. The molecule has 1 aromatic heterocycles. The van der Waals surface area contributed by atoms with Crippen molar-refractivity contribution in [2.45, 2.75) is 6.18 Å². The summed E-state index contributed by atoms with van der Waals surface area (Å²) in [4.78, 5) is 3.36. The molecule has 16 heavy (non-hydrogen) atoms. The Morgan fingerprint density at radius 3 is 2.50 bits per heavy atom. The van der Waals surface area contributed by atoms with Gasteiger partial charge in [-0.15, -0.1) is 0 Å². The van der Waals surface area contributed by atoms with E-state index in [9.17, 15) is 13.2 Å². The zero-order valence-electron chi connectivity index (χ0n) is 7.65. The first-order valence-electron chi connectivity index (χ1n) is 4.20. The molecule has 0 bridgehead atoms. The van der Waals surface area contributed by atoms with Crippen LogP contribution in [-0.4, -0.2) is 4.98 Å². The fourth-order valence-electron chi connectivity index (χ4n) is 1.43. The summed E-state index contributed by atoms with van der Waals surface area (Å²) in [5.74, 6) is 0. The predicted octanol–water partition coefficient (Wildman–Crippen LogP) is 4.67. The van der Waals surface area contributed by atoms with Gasteiger partial charge in [-0.3, -0.25) is 4.98 Å². The second-order valence-electron chi connectivity index (χ2n) is 3.14. The zero-order chi connectivity index (χ0) is 11.9. The largest absolute Gasteiger partial charge is 0.433 e. The number of alkyl halides is 3. The second kappa shape index (κ2) is 3.89. The average molecular weight is 311 g/mol. The van der Waals surface area contributed by atoms with Crippen LogP contribution in [0.5, 0.6) is 0 Å². The van der Waals surface area contributed by atoms with E-state index in [2.05, 4.69) is 20.9 Å². The summed E-state index contributed by atoms with van der Waals surface area (Å²) in [6.45, 7) is 0. The van der Waals surface area contributed by atoms with Gasteiger partial charge < -0.3 is 0 Å². The standard InChI is InChI=1S/C10H4BrClF3N/c11-5-3-7-6(8(12)4-5)1-2-16-9(7)10(13,14)15/h1-4H. The molecule has 6 heteroatoms. The average Bonchev–Trinajstić information content (AvgIpc) is 2.15. The Hall–Kier alpha value is -0.810. The van der Waals surface area contributed by atoms with Crippen LogP contribution in [0.1, 0.15) is 5.69 Å². The van der Waals surface area contributed by atoms with Crippen molar-refractivity contribution in [3.05, 3.63) is 39.6 Å². The molecule has 1 heterocycles. The SMILES string of the molecule is FC(F)(F)c1nccc2c(Cl)cc(Br)cc12. The minimum atomic E-state index is -4.48. The van der Waals surface area contributed by atoms with Gasteiger partial charge in [0.2, 0.25) is 0 Å². The normalized spacial score (nSPS) is 12.1. The molecule has 2 aromatic rings. The number of hydrogen-bond acceptors (Lipinski definition) is 1. The van der Waals surface area contributed by atoms with Gasteiger partial charge in [0, 0.05) is 26.5 Å². The van der Waals surface area contributed by atoms with E-state index in [1.54, 1.807) is 6.07 Å². The fraction of sp³-hybridized carbons (Fsp3) is 0.100. The smallest absolute Gasteiger partial charge is 0.251 e. The van der Waals surface area contributed by atoms with E-state index in [0.29, 0.717) is 9.86 Å². The van der Waals surface area contributed by atoms with Crippen molar-refractivity contribution in [3.63, 3.8) is 0 Å². The topological polar surface area (TPSA) is 12.9 Å². The highest BCUT2D eigenvalue weighted by Gasteiger charge is 2.34. The van der Waals surface area contributed by atoms with Crippen LogP contribution in [0.2, 0.25) is 5.02 Å². The van der Waals surface area contributed by atoms with Crippen LogP contribution in [0, 0.1) is 0 Å². The van der Waals surface area contributed by atoms with E-state index in [1.165, 1.54) is 12.1 Å². The van der Waals surface area contributed by atoms with Crippen LogP contribution in [0.3, 0.4) is 0 Å². The second-order valence-corrected chi connectivity index (χ2v) is 4.46. The van der Waals surface area contributed by atoms with Crippen molar-refractivity contribution in [2.75, 3.05) is 0 Å². The highest BCUT2D eigenvalue weighted by molar-refractivity contribution is 9.10. The zero-order valence-corrected chi connectivity index (χ0v) is 9.99. The molecular weight excluding hydrogens is 306 g/mol. The van der Waals surface area contributed by atoms with Crippen LogP contribution in [-0.2, 0) is 6.18 Å². The van der Waals surface area contributed by atoms with Crippen molar-refractivity contribution < 1.29 is 13.2 Å². The van der Waals surface area contributed by atoms with Crippen LogP contribution >= 0.6 is 27.5 Å². The number of fused-ring (bicyclic) bond motifs is 1. The molecule has 1 aromatic carbocycles. The van der Waals surface area contributed by atoms with Crippen molar-refractivity contribution in [3.8, 4) is 0 Å². The fourth-order valence-corrected chi connectivity index (χ4v) is 2.30. The van der Waals surface area contributed by atoms with Gasteiger partial charge in [-0.2, -0.15) is 13.2 Å². The molecule has 0 saturated carbocycles. The molecule has 0 amide bonds. The molecule has 0 aliphatic carbocycles. The lowest BCUT2D eigenvalue weighted by molar-refractivity contribution is -0.139. The molecule has 0 fully saturated rings. The Labute approximate surface area is 102 Å². The maximum Gasteiger partial charge on any atom is 0.433 e. The number of aromatic nitrogens is 1. The maximum absolute atomic E-state index is 12.7. The van der Waals surface area contributed by atoms with Gasteiger partial charge in [-0.25, -0.2) is 0 Å². The van der Waals surface area contributed by atoms with Crippen molar-refractivity contribution in [1.82, 2.24) is 4.98 Å². The van der Waals surface area contributed by atoms with E-state index in [-0.39, 0.29) is 10.4 Å². The van der Waals surface area contributed by atoms with Gasteiger partial charge in [0.25, 0.3) is 0 Å². The molecule has 0 radical (unpaired) electrons. The number of nitrogens with zero attached hydrogens (tertiary/aromatic N) is 1. The van der Waals surface area contributed by atoms with Crippen LogP contribution in [0.25, 0.3) is 10.8 Å². The quantitative estimate of drug-likeness (QED) is 0.689. The molecule has 0 unspecified atom stereocenters. The number of benzene rings is 1. The molecule has 0 N–H and O–H groups in total. The molecule has 0 aliphatic rings. The first-order chi connectivity index (χ1) is 7.39. The minimum Gasteiger partial charge on any atom is -0.251 e. The summed E-state index contributed by atoms with van der Waals surface area (Å²) in [5, 5.41) is 0.596. The van der Waals surface area contributed by atoms with Crippen molar-refractivity contribution in [2.24, 2.45) is 0 Å². The third-order valence-electron chi connectivity index (χ3n) is 2.06. The van der Waals surface area contributed by atoms with Crippen molar-refractivity contribution >= 4 is 38.3 Å². The summed E-state index contributed by atoms with van der Waals surface area (Å²) in [7, 11) is 0. The number of rotatable bonds is 0. The molecule has 1 nitrogen and oxygen atoms in total. The summed E-state index contributed by atoms with van der Waals surface area (Å²) in [6, 6.07) is 4.36. The van der Waals surface area contributed by atoms with Gasteiger partial charge in [-0.05, 0) is 18.2 Å². The maximum atomic E-state index is 12.7. The van der Waals surface area contributed by atoms with E-state index in [0.717, 1.165) is 6.20 Å². The predicted molar refractivity (Wildman–Crippen MR) is 59.5 cm³/mol. The number of hydrogen-bond donors (Lipinski definition) is 0. The molecule has 0 saturated heterocycles. The summed E-state index contributed by atoms with van der Waals surface area (Å²) < 4.78 is 38.5. The van der Waals surface area contributed by atoms with Crippen LogP contribution < -0.4 is 0 Å². The highest BCUT2D eigenvalue weighted by atomic mass is 79.9. The Balaban J connectivity index is 2.87. The monoisotopic (exact) mass is 309 g/mol. The van der Waals surface area contributed by atoms with Gasteiger partial charge >= 0.3 is 6.18 Å². The van der Waals surface area contributed by atoms with Crippen LogP contribution in [0.4, 0.5) is 13.2 Å². The molecule has 0 spiro atoms. The lowest BCUT2D eigenvalue weighted by Gasteiger charge is -2.10. The Morgan fingerprint density at radius 1 is 1.19 bits per heavy atom. The first kappa shape index (κ1) is 11.7. The Kier molecular flexibility index (Phi) is 2.84. The summed E-state index contributed by atoms with van der Waals surface area (Å²) >= 11 is 8.96. The molecule has 0 atom stereocenters. The van der Waals surface area contributed by atoms with Gasteiger partial charge in [0.05, 0.1) is 0 Å². The third-order valence-corrected chi connectivity index (χ3v) is 2.83. The molecule has 84 valence electrons. The van der Waals surface area contributed by atoms with E-state index >= 15 is 0 Å². The first-order valence-corrected chi connectivity index (χ1v) is 5.37. The molecule has 0 aliphatic heterocycles. The minimum absolute atomic E-state index is 0.00521. The van der Waals surface area contributed by atoms with E-state index < -0.39 is 11.9 Å². The van der Waals surface area contributed by atoms with Gasteiger partial charge in [-0.1, -0.05) is 27.5 Å². The number of halogens is 5. The summed E-state index contributed by atoms with van der Waals surface area (Å²) in [6.07, 6.45) is -3.38. The van der Waals surface area contributed by atoms with Crippen molar-refractivity contribution in [1.29, 1.82) is 0 Å². The Bertz CT molecular complexity index is 553. The summed E-state index contributed by atoms with van der Waals surface area (Å²) in [5.41, 5.74) is -0.923. The van der Waals surface area contributed by atoms with Gasteiger partial charge in [0.1, 0.15) is 0 Å². The molecular formula is C10H4BrClF3N. The lowest BCUT2D eigenvalue weighted by Crippen LogP contribution is -2.08. The lowest BCUT2D eigenvalue weighted by atomic mass is 10.1. The molecule has 2 rings (SSSR count). The Morgan fingerprint density at radius 2 is 1.88 bits per heavy atom. The highest BCUT2D eigenvalue weighted by Crippen LogP contribution is 2.36. The number of pyridine rings is 1. The van der Waals surface area contributed by atoms with E-state index in [4.69, 9.17) is 11.6 Å². The van der Waals surface area contributed by atoms with E-state index in [1.807, 2.05) is 0 Å².